The fraction of sp³-hybridized carbons (Fsp3) is 0.409. The molecule has 1 aromatic heterocycles. The van der Waals surface area contributed by atoms with Crippen LogP contribution in [0.15, 0.2) is 40.0 Å². The molecule has 1 atom stereocenters. The van der Waals surface area contributed by atoms with E-state index in [0.29, 0.717) is 48.3 Å². The molecule has 10 nitrogen and oxygen atoms in total. The summed E-state index contributed by atoms with van der Waals surface area (Å²) in [5.41, 5.74) is 1.73. The highest BCUT2D eigenvalue weighted by atomic mass is 79.9. The number of methoxy groups -OCH3 is 1. The first kappa shape index (κ1) is 27.3. The third-order valence-electron chi connectivity index (χ3n) is 5.05. The van der Waals surface area contributed by atoms with Gasteiger partial charge in [-0.25, -0.2) is 4.68 Å². The molecule has 1 aliphatic rings. The van der Waals surface area contributed by atoms with Gasteiger partial charge < -0.3 is 29.4 Å². The third kappa shape index (κ3) is 7.14. The zero-order valence-corrected chi connectivity index (χ0v) is 22.5. The van der Waals surface area contributed by atoms with E-state index in [1.165, 1.54) is 0 Å². The predicted molar refractivity (Wildman–Crippen MR) is 137 cm³/mol. The van der Waals surface area contributed by atoms with E-state index in [1.54, 1.807) is 35.7 Å². The fourth-order valence-corrected chi connectivity index (χ4v) is 4.68. The van der Waals surface area contributed by atoms with Crippen molar-refractivity contribution in [2.75, 3.05) is 39.2 Å². The van der Waals surface area contributed by atoms with E-state index >= 15 is 0 Å². The molecule has 1 unspecified atom stereocenters. The number of tetrazole rings is 1. The van der Waals surface area contributed by atoms with Crippen molar-refractivity contribution in [1.29, 1.82) is 0 Å². The summed E-state index contributed by atoms with van der Waals surface area (Å²) in [5, 5.41) is 26.2. The van der Waals surface area contributed by atoms with Crippen molar-refractivity contribution < 1.29 is 24.1 Å². The zero-order valence-electron chi connectivity index (χ0n) is 19.3. The zero-order chi connectivity index (χ0) is 23.9. The van der Waals surface area contributed by atoms with E-state index in [0.717, 1.165) is 27.5 Å². The molecule has 190 valence electrons. The van der Waals surface area contributed by atoms with Gasteiger partial charge >= 0.3 is 0 Å². The average Bonchev–Trinajstić information content (AvgIpc) is 3.26. The van der Waals surface area contributed by atoms with Crippen LogP contribution in [0.4, 0.5) is 0 Å². The minimum absolute atomic E-state index is 0. The molecule has 2 N–H and O–H groups in total. The van der Waals surface area contributed by atoms with Gasteiger partial charge in [-0.05, 0) is 61.7 Å². The quantitative estimate of drug-likeness (QED) is 0.256. The molecule has 35 heavy (non-hydrogen) atoms. The summed E-state index contributed by atoms with van der Waals surface area (Å²) in [7, 11) is 3.41. The number of aliphatic hydroxyl groups is 1. The van der Waals surface area contributed by atoms with Crippen molar-refractivity contribution in [1.82, 2.24) is 25.5 Å². The van der Waals surface area contributed by atoms with Crippen LogP contribution in [0.25, 0.3) is 0 Å². The summed E-state index contributed by atoms with van der Waals surface area (Å²) in [6.45, 7) is 2.52. The largest absolute Gasteiger partial charge is 0.493 e. The highest BCUT2D eigenvalue weighted by molar-refractivity contribution is 9.10. The molecule has 0 spiro atoms. The van der Waals surface area contributed by atoms with Gasteiger partial charge in [-0.2, -0.15) is 0 Å². The Morgan fingerprint density at radius 3 is 2.77 bits per heavy atom. The topological polar surface area (TPSA) is 113 Å². The van der Waals surface area contributed by atoms with E-state index in [1.807, 2.05) is 25.2 Å². The van der Waals surface area contributed by atoms with Crippen molar-refractivity contribution in [2.24, 2.45) is 7.05 Å². The lowest BCUT2D eigenvalue weighted by molar-refractivity contribution is 0.105. The second-order valence-corrected chi connectivity index (χ2v) is 9.37. The Bertz CT molecular complexity index is 1120. The van der Waals surface area contributed by atoms with Gasteiger partial charge in [-0.15, -0.1) is 17.5 Å². The highest BCUT2D eigenvalue weighted by Gasteiger charge is 2.18. The molecule has 3 aromatic rings. The van der Waals surface area contributed by atoms with Crippen LogP contribution in [0.3, 0.4) is 0 Å². The van der Waals surface area contributed by atoms with E-state index in [9.17, 15) is 5.11 Å². The Kier molecular flexibility index (Phi) is 10.3. The summed E-state index contributed by atoms with van der Waals surface area (Å²) in [4.78, 5) is 0. The molecule has 1 aliphatic heterocycles. The first-order chi connectivity index (χ1) is 16.5. The number of benzene rings is 2. The van der Waals surface area contributed by atoms with Gasteiger partial charge in [0.05, 0.1) is 11.6 Å². The van der Waals surface area contributed by atoms with Crippen LogP contribution >= 0.6 is 40.1 Å². The van der Waals surface area contributed by atoms with E-state index in [4.69, 9.17) is 18.9 Å². The van der Waals surface area contributed by atoms with Gasteiger partial charge in [0.1, 0.15) is 25.9 Å². The molecule has 2 aromatic carbocycles. The van der Waals surface area contributed by atoms with Crippen LogP contribution < -0.4 is 24.3 Å². The molecule has 0 bridgehead atoms. The van der Waals surface area contributed by atoms with Gasteiger partial charge in [0, 0.05) is 25.9 Å². The Morgan fingerprint density at radius 2 is 2.03 bits per heavy atom. The summed E-state index contributed by atoms with van der Waals surface area (Å²) < 4.78 is 25.0. The molecule has 0 fully saturated rings. The minimum Gasteiger partial charge on any atom is -0.493 e. The molecule has 0 aliphatic carbocycles. The number of aromatic nitrogens is 4. The number of nitrogens with one attached hydrogen (secondary N) is 1. The first-order valence-electron chi connectivity index (χ1n) is 10.7. The van der Waals surface area contributed by atoms with E-state index in [-0.39, 0.29) is 19.0 Å². The van der Waals surface area contributed by atoms with Crippen LogP contribution in [0.1, 0.15) is 17.2 Å². The minimum atomic E-state index is -0.838. The standard InChI is InChI=1S/C22H26BrN5O5S.ClH/c1-28-22(25-26-27-28)34-8-5-24-12-14-9-16(23)21(20(10-14)30-2)33-13-17(29)15-3-4-18-19(11-15)32-7-6-31-18;/h3-4,9-11,17,24,29H,5-8,12-13H2,1-2H3;1H. The van der Waals surface area contributed by atoms with Crippen LogP contribution in [0.5, 0.6) is 23.0 Å². The molecule has 0 radical (unpaired) electrons. The molecular weight excluding hydrogens is 562 g/mol. The number of hydrogen-bond acceptors (Lipinski definition) is 10. The second kappa shape index (κ2) is 13.2. The van der Waals surface area contributed by atoms with E-state index in [2.05, 4.69) is 36.8 Å². The predicted octanol–water partition coefficient (Wildman–Crippen LogP) is 3.17. The lowest BCUT2D eigenvalue weighted by Gasteiger charge is -2.21. The van der Waals surface area contributed by atoms with Gasteiger partial charge in [0.25, 0.3) is 0 Å². The summed E-state index contributed by atoms with van der Waals surface area (Å²) in [6, 6.07) is 9.28. The number of aliphatic hydroxyl groups excluding tert-OH is 1. The Morgan fingerprint density at radius 1 is 1.23 bits per heavy atom. The van der Waals surface area contributed by atoms with Gasteiger partial charge in [-0.3, -0.25) is 0 Å². The SMILES string of the molecule is COc1cc(CNCCSc2nnnn2C)cc(Br)c1OCC(O)c1ccc2c(c1)OCCO2.Cl. The number of halogens is 2. The van der Waals surface area contributed by atoms with Crippen molar-refractivity contribution in [3.8, 4) is 23.0 Å². The Labute approximate surface area is 222 Å². The second-order valence-electron chi connectivity index (χ2n) is 7.45. The van der Waals surface area contributed by atoms with Gasteiger partial charge in [0.15, 0.2) is 23.0 Å². The smallest absolute Gasteiger partial charge is 0.209 e. The number of fused-ring (bicyclic) bond motifs is 1. The number of aryl methyl sites for hydroxylation is 1. The molecule has 0 saturated heterocycles. The summed E-state index contributed by atoms with van der Waals surface area (Å²) >= 11 is 5.16. The van der Waals surface area contributed by atoms with Crippen LogP contribution in [0.2, 0.25) is 0 Å². The molecular formula is C22H27BrClN5O5S. The number of hydrogen-bond donors (Lipinski definition) is 2. The highest BCUT2D eigenvalue weighted by Crippen LogP contribution is 2.38. The molecule has 13 heteroatoms. The molecule has 4 rings (SSSR count). The lowest BCUT2D eigenvalue weighted by Crippen LogP contribution is -2.17. The molecule has 2 heterocycles. The van der Waals surface area contributed by atoms with Crippen LogP contribution in [-0.4, -0.2) is 64.5 Å². The fourth-order valence-electron chi connectivity index (χ4n) is 3.33. The van der Waals surface area contributed by atoms with Crippen LogP contribution in [0, 0.1) is 0 Å². The molecule has 0 saturated carbocycles. The van der Waals surface area contributed by atoms with E-state index < -0.39 is 6.10 Å². The number of nitrogens with zero attached hydrogens (tertiary/aromatic N) is 4. The maximum absolute atomic E-state index is 10.6. The number of rotatable bonds is 11. The average molecular weight is 589 g/mol. The van der Waals surface area contributed by atoms with Crippen molar-refractivity contribution in [3.05, 3.63) is 45.9 Å². The Balaban J connectivity index is 0.00000342. The van der Waals surface area contributed by atoms with Gasteiger partial charge in [0.2, 0.25) is 5.16 Å². The summed E-state index contributed by atoms with van der Waals surface area (Å²) in [6.07, 6.45) is -0.838. The number of ether oxygens (including phenoxy) is 4. The van der Waals surface area contributed by atoms with Crippen molar-refractivity contribution in [2.45, 2.75) is 17.8 Å². The summed E-state index contributed by atoms with van der Waals surface area (Å²) in [5.74, 6) is 3.27. The third-order valence-corrected chi connectivity index (χ3v) is 6.65. The van der Waals surface area contributed by atoms with Gasteiger partial charge in [-0.1, -0.05) is 17.8 Å². The molecule has 0 amide bonds. The first-order valence-corrected chi connectivity index (χ1v) is 12.5. The monoisotopic (exact) mass is 587 g/mol. The normalized spacial score (nSPS) is 13.1. The Hall–Kier alpha value is -2.25. The van der Waals surface area contributed by atoms with Crippen molar-refractivity contribution in [3.63, 3.8) is 0 Å². The maximum Gasteiger partial charge on any atom is 0.209 e. The maximum atomic E-state index is 10.6. The van der Waals surface area contributed by atoms with Crippen molar-refractivity contribution >= 4 is 40.1 Å². The van der Waals surface area contributed by atoms with Crippen LogP contribution in [-0.2, 0) is 13.6 Å². The lowest BCUT2D eigenvalue weighted by atomic mass is 10.1. The number of thioether (sulfide) groups is 1.